The number of nitrogens with one attached hydrogen (secondary N) is 1. The molecule has 7 heteroatoms. The number of fused-ring (bicyclic) bond motifs is 1. The second-order valence-electron chi connectivity index (χ2n) is 5.92. The highest BCUT2D eigenvalue weighted by atomic mass is 16.5. The summed E-state index contributed by atoms with van der Waals surface area (Å²) < 4.78 is 6.99. The van der Waals surface area contributed by atoms with Gasteiger partial charge in [0.05, 0.1) is 37.8 Å². The lowest BCUT2D eigenvalue weighted by Gasteiger charge is -2.20. The molecule has 0 aromatic carbocycles. The summed E-state index contributed by atoms with van der Waals surface area (Å²) in [5.74, 6) is 1.65. The summed E-state index contributed by atoms with van der Waals surface area (Å²) in [6, 6.07) is 5.59. The van der Waals surface area contributed by atoms with E-state index in [4.69, 9.17) is 4.74 Å². The van der Waals surface area contributed by atoms with E-state index >= 15 is 0 Å². The van der Waals surface area contributed by atoms with Gasteiger partial charge in [-0.3, -0.25) is 4.98 Å². The third kappa shape index (κ3) is 3.16. The monoisotopic (exact) mass is 327 g/mol. The highest BCUT2D eigenvalue weighted by Crippen LogP contribution is 2.23. The van der Waals surface area contributed by atoms with Crippen LogP contribution in [0.15, 0.2) is 36.8 Å². The van der Waals surface area contributed by atoms with E-state index in [1.165, 1.54) is 0 Å². The van der Waals surface area contributed by atoms with E-state index < -0.39 is 0 Å². The molecule has 3 heterocycles. The Balaban J connectivity index is 1.99. The number of nitrogens with zero attached hydrogens (tertiary/aromatic N) is 4. The normalized spacial score (nSPS) is 12.5. The topological polar surface area (TPSA) is 84.6 Å². The van der Waals surface area contributed by atoms with Crippen molar-refractivity contribution in [2.75, 3.05) is 19.0 Å². The van der Waals surface area contributed by atoms with Gasteiger partial charge in [-0.15, -0.1) is 5.10 Å². The summed E-state index contributed by atoms with van der Waals surface area (Å²) in [6.45, 7) is 4.15. The molecule has 0 fully saturated rings. The molecule has 3 aromatic heterocycles. The molecule has 2 N–H and O–H groups in total. The molecule has 0 spiro atoms. The summed E-state index contributed by atoms with van der Waals surface area (Å²) >= 11 is 0. The molecule has 7 nitrogen and oxygen atoms in total. The van der Waals surface area contributed by atoms with Gasteiger partial charge in [0, 0.05) is 11.8 Å². The average Bonchev–Trinajstić information content (AvgIpc) is 3.02. The Kier molecular flexibility index (Phi) is 4.61. The molecule has 0 saturated heterocycles. The second-order valence-corrected chi connectivity index (χ2v) is 5.92. The number of ether oxygens (including phenoxy) is 1. The molecule has 1 unspecified atom stereocenters. The largest absolute Gasteiger partial charge is 0.495 e. The summed E-state index contributed by atoms with van der Waals surface area (Å²) in [6.07, 6.45) is 5.16. The van der Waals surface area contributed by atoms with Crippen LogP contribution in [0, 0.1) is 5.92 Å². The van der Waals surface area contributed by atoms with Gasteiger partial charge < -0.3 is 15.2 Å². The molecule has 0 radical (unpaired) electrons. The summed E-state index contributed by atoms with van der Waals surface area (Å²) in [4.78, 5) is 8.56. The Labute approximate surface area is 140 Å². The molecule has 0 aliphatic rings. The standard InChI is InChI=1S/C17H21N5O2/c1-11(2)14(10-23)20-16-4-5-17-19-9-15(22(17)21-16)12-6-13(24-3)8-18-7-12/h4-9,11,14,23H,10H2,1-3H3,(H,20,21). The predicted molar refractivity (Wildman–Crippen MR) is 92.1 cm³/mol. The Morgan fingerprint density at radius 1 is 1.25 bits per heavy atom. The van der Waals surface area contributed by atoms with E-state index in [-0.39, 0.29) is 18.6 Å². The molecule has 0 aliphatic carbocycles. The molecule has 0 saturated carbocycles. The van der Waals surface area contributed by atoms with Crippen molar-refractivity contribution in [1.29, 1.82) is 0 Å². The third-order valence-electron chi connectivity index (χ3n) is 3.94. The predicted octanol–water partition coefficient (Wildman–Crippen LogP) is 2.23. The summed E-state index contributed by atoms with van der Waals surface area (Å²) in [7, 11) is 1.61. The molecule has 3 aromatic rings. The van der Waals surface area contributed by atoms with Crippen LogP contribution >= 0.6 is 0 Å². The molecule has 0 bridgehead atoms. The zero-order chi connectivity index (χ0) is 17.1. The van der Waals surface area contributed by atoms with Crippen LogP contribution in [-0.2, 0) is 0 Å². The second kappa shape index (κ2) is 6.84. The van der Waals surface area contributed by atoms with E-state index in [1.807, 2.05) is 18.2 Å². The van der Waals surface area contributed by atoms with Crippen LogP contribution in [0.1, 0.15) is 13.8 Å². The number of pyridine rings is 1. The number of hydrogen-bond donors (Lipinski definition) is 2. The molecule has 0 amide bonds. The highest BCUT2D eigenvalue weighted by molar-refractivity contribution is 5.64. The Morgan fingerprint density at radius 2 is 2.08 bits per heavy atom. The molecular weight excluding hydrogens is 306 g/mol. The first-order valence-electron chi connectivity index (χ1n) is 7.84. The van der Waals surface area contributed by atoms with E-state index in [0.29, 0.717) is 11.6 Å². The first-order chi connectivity index (χ1) is 11.6. The summed E-state index contributed by atoms with van der Waals surface area (Å²) in [5.41, 5.74) is 2.43. The van der Waals surface area contributed by atoms with Crippen molar-refractivity contribution in [2.24, 2.45) is 5.92 Å². The fourth-order valence-corrected chi connectivity index (χ4v) is 2.43. The minimum absolute atomic E-state index is 0.0496. The van der Waals surface area contributed by atoms with Crippen molar-refractivity contribution in [3.8, 4) is 17.0 Å². The minimum atomic E-state index is -0.0552. The molecule has 1 atom stereocenters. The zero-order valence-electron chi connectivity index (χ0n) is 14.0. The summed E-state index contributed by atoms with van der Waals surface area (Å²) in [5, 5.41) is 17.4. The lowest BCUT2D eigenvalue weighted by atomic mass is 10.1. The van der Waals surface area contributed by atoms with E-state index in [0.717, 1.165) is 16.9 Å². The number of methoxy groups -OCH3 is 1. The molecular formula is C17H21N5O2. The number of aliphatic hydroxyl groups is 1. The van der Waals surface area contributed by atoms with E-state index in [2.05, 4.69) is 34.2 Å². The molecule has 3 rings (SSSR count). The van der Waals surface area contributed by atoms with Gasteiger partial charge in [0.1, 0.15) is 11.6 Å². The number of rotatable bonds is 6. The maximum absolute atomic E-state index is 9.49. The third-order valence-corrected chi connectivity index (χ3v) is 3.94. The van der Waals surface area contributed by atoms with Crippen LogP contribution in [0.3, 0.4) is 0 Å². The van der Waals surface area contributed by atoms with Crippen LogP contribution in [0.25, 0.3) is 16.9 Å². The lowest BCUT2D eigenvalue weighted by molar-refractivity contribution is 0.249. The van der Waals surface area contributed by atoms with Gasteiger partial charge in [-0.1, -0.05) is 13.8 Å². The molecule has 24 heavy (non-hydrogen) atoms. The van der Waals surface area contributed by atoms with Gasteiger partial charge in [0.2, 0.25) is 0 Å². The Bertz CT molecular complexity index is 831. The smallest absolute Gasteiger partial charge is 0.154 e. The van der Waals surface area contributed by atoms with E-state index in [1.54, 1.807) is 30.2 Å². The molecule has 0 aliphatic heterocycles. The van der Waals surface area contributed by atoms with Gasteiger partial charge >= 0.3 is 0 Å². The average molecular weight is 327 g/mol. The first kappa shape index (κ1) is 16.2. The van der Waals surface area contributed by atoms with Gasteiger partial charge in [0.15, 0.2) is 5.65 Å². The van der Waals surface area contributed by atoms with Gasteiger partial charge in [-0.25, -0.2) is 9.50 Å². The van der Waals surface area contributed by atoms with Crippen molar-refractivity contribution in [3.63, 3.8) is 0 Å². The lowest BCUT2D eigenvalue weighted by Crippen LogP contribution is -2.30. The van der Waals surface area contributed by atoms with E-state index in [9.17, 15) is 5.11 Å². The van der Waals surface area contributed by atoms with Gasteiger partial charge in [-0.2, -0.15) is 0 Å². The zero-order valence-corrected chi connectivity index (χ0v) is 14.0. The first-order valence-corrected chi connectivity index (χ1v) is 7.84. The van der Waals surface area contributed by atoms with Crippen LogP contribution in [-0.4, -0.2) is 44.4 Å². The maximum atomic E-state index is 9.49. The minimum Gasteiger partial charge on any atom is -0.495 e. The Hall–Kier alpha value is -2.67. The van der Waals surface area contributed by atoms with Crippen molar-refractivity contribution in [3.05, 3.63) is 36.8 Å². The van der Waals surface area contributed by atoms with Crippen LogP contribution in [0.5, 0.6) is 5.75 Å². The number of aromatic nitrogens is 4. The van der Waals surface area contributed by atoms with Crippen molar-refractivity contribution >= 4 is 11.5 Å². The van der Waals surface area contributed by atoms with Gasteiger partial charge in [0.25, 0.3) is 0 Å². The number of hydrogen-bond acceptors (Lipinski definition) is 6. The maximum Gasteiger partial charge on any atom is 0.154 e. The number of anilines is 1. The molecule has 126 valence electrons. The van der Waals surface area contributed by atoms with Crippen LogP contribution < -0.4 is 10.1 Å². The fraction of sp³-hybridized carbons (Fsp3) is 0.353. The highest BCUT2D eigenvalue weighted by Gasteiger charge is 2.14. The number of imidazole rings is 1. The van der Waals surface area contributed by atoms with Crippen molar-refractivity contribution < 1.29 is 9.84 Å². The quantitative estimate of drug-likeness (QED) is 0.722. The SMILES string of the molecule is COc1cncc(-c2cnc3ccc(NC(CO)C(C)C)nn23)c1. The van der Waals surface area contributed by atoms with Crippen LogP contribution in [0.4, 0.5) is 5.82 Å². The van der Waals surface area contributed by atoms with Crippen LogP contribution in [0.2, 0.25) is 0 Å². The van der Waals surface area contributed by atoms with Crippen molar-refractivity contribution in [2.45, 2.75) is 19.9 Å². The van der Waals surface area contributed by atoms with Crippen molar-refractivity contribution in [1.82, 2.24) is 19.6 Å². The Morgan fingerprint density at radius 3 is 2.79 bits per heavy atom. The number of aliphatic hydroxyl groups excluding tert-OH is 1. The van der Waals surface area contributed by atoms with Gasteiger partial charge in [-0.05, 0) is 24.1 Å². The fourth-order valence-electron chi connectivity index (χ4n) is 2.43.